The van der Waals surface area contributed by atoms with Crippen LogP contribution in [0.1, 0.15) is 13.8 Å². The molecule has 0 saturated heterocycles. The molecule has 1 rings (SSSR count). The number of rotatable bonds is 5. The third-order valence-electron chi connectivity index (χ3n) is 2.73. The zero-order valence-corrected chi connectivity index (χ0v) is 15.3. The topological polar surface area (TPSA) is 75.3 Å². The van der Waals surface area contributed by atoms with Gasteiger partial charge in [0, 0.05) is 22.5 Å². The number of benzene rings is 1. The highest BCUT2D eigenvalue weighted by molar-refractivity contribution is 9.11. The van der Waals surface area contributed by atoms with E-state index in [0.29, 0.717) is 4.47 Å². The van der Waals surface area contributed by atoms with Crippen LogP contribution in [0, 0.1) is 5.41 Å². The highest BCUT2D eigenvalue weighted by Crippen LogP contribution is 2.26. The summed E-state index contributed by atoms with van der Waals surface area (Å²) in [6.07, 6.45) is 0. The van der Waals surface area contributed by atoms with Crippen molar-refractivity contribution in [2.75, 3.05) is 13.6 Å². The maximum Gasteiger partial charge on any atom is 0.241 e. The van der Waals surface area contributed by atoms with Crippen molar-refractivity contribution in [3.63, 3.8) is 0 Å². The summed E-state index contributed by atoms with van der Waals surface area (Å²) < 4.78 is 28.2. The first-order valence-electron chi connectivity index (χ1n) is 5.77. The van der Waals surface area contributed by atoms with Crippen LogP contribution in [-0.4, -0.2) is 27.9 Å². The monoisotopic (exact) mass is 426 g/mol. The third kappa shape index (κ3) is 4.28. The summed E-state index contributed by atoms with van der Waals surface area (Å²) >= 11 is 6.48. The van der Waals surface area contributed by atoms with Crippen LogP contribution < -0.4 is 10.0 Å². The van der Waals surface area contributed by atoms with E-state index in [2.05, 4.69) is 41.9 Å². The Morgan fingerprint density at radius 3 is 2.40 bits per heavy atom. The molecule has 0 unspecified atom stereocenters. The van der Waals surface area contributed by atoms with E-state index in [4.69, 9.17) is 0 Å². The summed E-state index contributed by atoms with van der Waals surface area (Å²) in [6.45, 7) is 3.35. The van der Waals surface area contributed by atoms with E-state index in [9.17, 15) is 13.2 Å². The predicted octanol–water partition coefficient (Wildman–Crippen LogP) is 2.26. The van der Waals surface area contributed by atoms with Crippen molar-refractivity contribution in [3.8, 4) is 0 Å². The van der Waals surface area contributed by atoms with Gasteiger partial charge in [-0.15, -0.1) is 0 Å². The van der Waals surface area contributed by atoms with E-state index in [-0.39, 0.29) is 17.3 Å². The van der Waals surface area contributed by atoms with Crippen molar-refractivity contribution < 1.29 is 13.2 Å². The fourth-order valence-corrected chi connectivity index (χ4v) is 4.42. The Morgan fingerprint density at radius 2 is 1.90 bits per heavy atom. The molecule has 0 aliphatic carbocycles. The van der Waals surface area contributed by atoms with Crippen molar-refractivity contribution >= 4 is 47.8 Å². The molecule has 5 nitrogen and oxygen atoms in total. The second-order valence-corrected chi connectivity index (χ2v) is 8.37. The molecule has 0 aliphatic heterocycles. The fourth-order valence-electron chi connectivity index (χ4n) is 1.46. The normalized spacial score (nSPS) is 12.2. The van der Waals surface area contributed by atoms with Gasteiger partial charge in [0.05, 0.1) is 10.3 Å². The molecule has 20 heavy (non-hydrogen) atoms. The van der Waals surface area contributed by atoms with Crippen LogP contribution in [0.25, 0.3) is 0 Å². The van der Waals surface area contributed by atoms with E-state index < -0.39 is 15.4 Å². The van der Waals surface area contributed by atoms with E-state index in [1.165, 1.54) is 13.1 Å². The van der Waals surface area contributed by atoms with Gasteiger partial charge in [-0.05, 0) is 48.0 Å². The largest absolute Gasteiger partial charge is 0.359 e. The summed E-state index contributed by atoms with van der Waals surface area (Å²) in [5.74, 6) is -0.227. The zero-order valence-electron chi connectivity index (χ0n) is 11.3. The van der Waals surface area contributed by atoms with Crippen LogP contribution in [0.2, 0.25) is 0 Å². The Labute approximate surface area is 135 Å². The van der Waals surface area contributed by atoms with Gasteiger partial charge in [0.25, 0.3) is 0 Å². The first-order chi connectivity index (χ1) is 9.10. The van der Waals surface area contributed by atoms with Crippen LogP contribution in [-0.2, 0) is 14.8 Å². The number of hydrogen-bond donors (Lipinski definition) is 2. The van der Waals surface area contributed by atoms with Crippen LogP contribution in [0.3, 0.4) is 0 Å². The van der Waals surface area contributed by atoms with Gasteiger partial charge < -0.3 is 5.32 Å². The van der Waals surface area contributed by atoms with E-state index in [1.54, 1.807) is 26.0 Å². The molecule has 0 heterocycles. The Morgan fingerprint density at radius 1 is 1.30 bits per heavy atom. The first-order valence-corrected chi connectivity index (χ1v) is 8.84. The van der Waals surface area contributed by atoms with Gasteiger partial charge in [-0.1, -0.05) is 15.9 Å². The maximum atomic E-state index is 12.2. The Hall–Kier alpha value is -0.440. The smallest absolute Gasteiger partial charge is 0.241 e. The third-order valence-corrected chi connectivity index (χ3v) is 5.60. The summed E-state index contributed by atoms with van der Waals surface area (Å²) in [5, 5.41) is 2.51. The number of sulfonamides is 1. The molecule has 0 atom stereocenters. The molecule has 0 aromatic heterocycles. The second kappa shape index (κ2) is 6.55. The first kappa shape index (κ1) is 17.6. The molecular formula is C12H16Br2N2O3S. The molecular weight excluding hydrogens is 412 g/mol. The number of carbonyl (C=O) groups is 1. The van der Waals surface area contributed by atoms with Gasteiger partial charge >= 0.3 is 0 Å². The summed E-state index contributed by atoms with van der Waals surface area (Å²) in [6, 6.07) is 4.78. The lowest BCUT2D eigenvalue weighted by Crippen LogP contribution is -2.43. The molecule has 0 aliphatic rings. The molecule has 0 bridgehead atoms. The molecule has 1 aromatic rings. The van der Waals surface area contributed by atoms with Gasteiger partial charge in [-0.3, -0.25) is 4.79 Å². The average molecular weight is 428 g/mol. The molecule has 0 fully saturated rings. The standard InChI is InChI=1S/C12H16Br2N2O3S/c1-12(2,11(17)15-3)7-16-20(18,19)10-5-4-8(13)6-9(10)14/h4-6,16H,7H2,1-3H3,(H,15,17). The minimum absolute atomic E-state index is 0.0114. The SMILES string of the molecule is CNC(=O)C(C)(C)CNS(=O)(=O)c1ccc(Br)cc1Br. The van der Waals surface area contributed by atoms with E-state index >= 15 is 0 Å². The van der Waals surface area contributed by atoms with Crippen molar-refractivity contribution in [3.05, 3.63) is 27.1 Å². The van der Waals surface area contributed by atoms with Crippen LogP contribution >= 0.6 is 31.9 Å². The van der Waals surface area contributed by atoms with Crippen molar-refractivity contribution in [2.24, 2.45) is 5.41 Å². The van der Waals surface area contributed by atoms with Crippen LogP contribution in [0.15, 0.2) is 32.0 Å². The number of halogens is 2. The quantitative estimate of drug-likeness (QED) is 0.756. The number of hydrogen-bond acceptors (Lipinski definition) is 3. The van der Waals surface area contributed by atoms with E-state index in [0.717, 1.165) is 4.47 Å². The average Bonchev–Trinajstić information content (AvgIpc) is 2.35. The van der Waals surface area contributed by atoms with Crippen molar-refractivity contribution in [1.29, 1.82) is 0 Å². The molecule has 2 N–H and O–H groups in total. The molecule has 1 amide bonds. The lowest BCUT2D eigenvalue weighted by Gasteiger charge is -2.22. The lowest BCUT2D eigenvalue weighted by atomic mass is 9.93. The van der Waals surface area contributed by atoms with Crippen molar-refractivity contribution in [2.45, 2.75) is 18.7 Å². The molecule has 1 aromatic carbocycles. The zero-order chi connectivity index (χ0) is 15.6. The van der Waals surface area contributed by atoms with Gasteiger partial charge in [-0.2, -0.15) is 0 Å². The molecule has 0 spiro atoms. The summed E-state index contributed by atoms with van der Waals surface area (Å²) in [7, 11) is -2.16. The minimum Gasteiger partial charge on any atom is -0.359 e. The van der Waals surface area contributed by atoms with Crippen LogP contribution in [0.4, 0.5) is 0 Å². The maximum absolute atomic E-state index is 12.2. The number of carbonyl (C=O) groups excluding carboxylic acids is 1. The summed E-state index contributed by atoms with van der Waals surface area (Å²) in [5.41, 5.74) is -0.830. The highest BCUT2D eigenvalue weighted by atomic mass is 79.9. The Kier molecular flexibility index (Phi) is 5.77. The minimum atomic E-state index is -3.68. The lowest BCUT2D eigenvalue weighted by molar-refractivity contribution is -0.128. The van der Waals surface area contributed by atoms with Gasteiger partial charge in [-0.25, -0.2) is 13.1 Å². The highest BCUT2D eigenvalue weighted by Gasteiger charge is 2.29. The van der Waals surface area contributed by atoms with E-state index in [1.807, 2.05) is 0 Å². The van der Waals surface area contributed by atoms with Gasteiger partial charge in [0.15, 0.2) is 0 Å². The van der Waals surface area contributed by atoms with Gasteiger partial charge in [0.1, 0.15) is 0 Å². The summed E-state index contributed by atoms with van der Waals surface area (Å²) in [4.78, 5) is 11.8. The predicted molar refractivity (Wildman–Crippen MR) is 84.9 cm³/mol. The fraction of sp³-hybridized carbons (Fsp3) is 0.417. The molecule has 112 valence electrons. The van der Waals surface area contributed by atoms with Gasteiger partial charge in [0.2, 0.25) is 15.9 Å². The van der Waals surface area contributed by atoms with Crippen LogP contribution in [0.5, 0.6) is 0 Å². The molecule has 0 radical (unpaired) electrons. The molecule has 8 heteroatoms. The van der Waals surface area contributed by atoms with Crippen molar-refractivity contribution in [1.82, 2.24) is 10.0 Å². The second-order valence-electron chi connectivity index (χ2n) is 4.86. The number of nitrogens with one attached hydrogen (secondary N) is 2. The number of amides is 1. The Bertz CT molecular complexity index is 615. The Balaban J connectivity index is 2.94. The molecule has 0 saturated carbocycles.